The summed E-state index contributed by atoms with van der Waals surface area (Å²) >= 11 is 0. The van der Waals surface area contributed by atoms with Gasteiger partial charge in [-0.05, 0) is 35.9 Å². The number of hydrogen-bond donors (Lipinski definition) is 2. The minimum atomic E-state index is -4.99. The molecule has 1 unspecified atom stereocenters. The van der Waals surface area contributed by atoms with Crippen LogP contribution in [0.25, 0.3) is 0 Å². The number of aryl methyl sites for hydroxylation is 1. The lowest BCUT2D eigenvalue weighted by molar-refractivity contribution is -0.274. The molecule has 19 heteroatoms. The lowest BCUT2D eigenvalue weighted by Gasteiger charge is -2.13. The van der Waals surface area contributed by atoms with E-state index in [0.29, 0.717) is 12.5 Å². The number of benzene rings is 2. The number of nitrogens with one attached hydrogen (secondary N) is 2. The molecule has 2 amide bonds. The van der Waals surface area contributed by atoms with E-state index in [9.17, 15) is 40.3 Å². The molecule has 0 aliphatic carbocycles. The lowest BCUT2D eigenvalue weighted by Crippen LogP contribution is -2.23. The summed E-state index contributed by atoms with van der Waals surface area (Å²) in [5.41, 5.74) is 0.0856. The number of amides is 2. The Balaban J connectivity index is 1.21. The van der Waals surface area contributed by atoms with Gasteiger partial charge in [-0.25, -0.2) is 13.5 Å². The monoisotopic (exact) mass is 658 g/mol. The van der Waals surface area contributed by atoms with Crippen molar-refractivity contribution in [1.29, 1.82) is 0 Å². The first-order chi connectivity index (χ1) is 21.6. The summed E-state index contributed by atoms with van der Waals surface area (Å²) in [5.74, 6) is -3.21. The zero-order chi connectivity index (χ0) is 33.5. The topological polar surface area (TPSA) is 138 Å². The van der Waals surface area contributed by atoms with Gasteiger partial charge < -0.3 is 20.1 Å². The molecule has 0 spiro atoms. The van der Waals surface area contributed by atoms with Gasteiger partial charge in [-0.3, -0.25) is 14.3 Å². The number of halogens is 7. The van der Waals surface area contributed by atoms with Crippen LogP contribution in [0.2, 0.25) is 0 Å². The Kier molecular flexibility index (Phi) is 10.4. The number of carbonyl (C=O) groups excluding carboxylic acids is 2. The molecule has 2 heterocycles. The molecule has 46 heavy (non-hydrogen) atoms. The van der Waals surface area contributed by atoms with E-state index in [2.05, 4.69) is 40.7 Å². The second kappa shape index (κ2) is 14.2. The minimum Gasteiger partial charge on any atom is -0.433 e. The van der Waals surface area contributed by atoms with Crippen LogP contribution in [0.4, 0.5) is 36.6 Å². The minimum absolute atomic E-state index is 0.00786. The highest BCUT2D eigenvalue weighted by Gasteiger charge is 2.31. The van der Waals surface area contributed by atoms with Gasteiger partial charge in [0.25, 0.3) is 5.91 Å². The molecule has 0 aliphatic rings. The van der Waals surface area contributed by atoms with Crippen LogP contribution in [0, 0.1) is 5.82 Å². The van der Waals surface area contributed by atoms with Crippen LogP contribution >= 0.6 is 0 Å². The van der Waals surface area contributed by atoms with E-state index < -0.39 is 48.4 Å². The molecule has 12 nitrogen and oxygen atoms in total. The van der Waals surface area contributed by atoms with E-state index in [0.717, 1.165) is 22.9 Å². The van der Waals surface area contributed by atoms with Gasteiger partial charge in [0, 0.05) is 32.0 Å². The van der Waals surface area contributed by atoms with Gasteiger partial charge in [0.1, 0.15) is 23.5 Å². The van der Waals surface area contributed by atoms with Crippen LogP contribution in [-0.2, 0) is 30.8 Å². The number of aromatic nitrogens is 6. The molecular weight excluding hydrogens is 633 g/mol. The smallest absolute Gasteiger partial charge is 0.433 e. The molecule has 0 fully saturated rings. The van der Waals surface area contributed by atoms with E-state index >= 15 is 0 Å². The highest BCUT2D eigenvalue weighted by Crippen LogP contribution is 2.25. The summed E-state index contributed by atoms with van der Waals surface area (Å²) in [5, 5.41) is 19.8. The zero-order valence-corrected chi connectivity index (χ0v) is 23.8. The molecule has 0 bridgehead atoms. The number of nitrogens with zero attached hydrogens (tertiary/aromatic N) is 6. The van der Waals surface area contributed by atoms with Crippen molar-refractivity contribution < 1.29 is 49.8 Å². The van der Waals surface area contributed by atoms with Crippen LogP contribution in [0.15, 0.2) is 54.9 Å². The molecule has 0 radical (unpaired) electrons. The van der Waals surface area contributed by atoms with Crippen molar-refractivity contribution in [3.8, 4) is 11.5 Å². The first-order valence-electron chi connectivity index (χ1n) is 13.3. The normalized spacial score (nSPS) is 12.4. The van der Waals surface area contributed by atoms with Gasteiger partial charge in [0.2, 0.25) is 5.91 Å². The number of alkyl halides is 6. The van der Waals surface area contributed by atoms with Crippen molar-refractivity contribution >= 4 is 17.6 Å². The van der Waals surface area contributed by atoms with Gasteiger partial charge in [0.15, 0.2) is 11.5 Å². The predicted molar refractivity (Wildman–Crippen MR) is 144 cm³/mol. The second-order valence-electron chi connectivity index (χ2n) is 9.84. The average Bonchev–Trinajstić information content (AvgIpc) is 3.60. The summed E-state index contributed by atoms with van der Waals surface area (Å²) in [7, 11) is 0. The molecule has 246 valence electrons. The fourth-order valence-electron chi connectivity index (χ4n) is 3.97. The number of ether oxygens (including phenoxy) is 2. The molecule has 0 saturated carbocycles. The first kappa shape index (κ1) is 33.7. The molecule has 0 aliphatic heterocycles. The Morgan fingerprint density at radius 3 is 2.43 bits per heavy atom. The molecule has 4 rings (SSSR count). The highest BCUT2D eigenvalue weighted by molar-refractivity contribution is 5.92. The van der Waals surface area contributed by atoms with Crippen molar-refractivity contribution in [2.24, 2.45) is 0 Å². The number of carbonyl (C=O) groups is 2. The fourth-order valence-corrected chi connectivity index (χ4v) is 3.97. The maximum atomic E-state index is 14.6. The van der Waals surface area contributed by atoms with E-state index in [1.54, 1.807) is 6.07 Å². The summed E-state index contributed by atoms with van der Waals surface area (Å²) in [4.78, 5) is 24.7. The van der Waals surface area contributed by atoms with Crippen LogP contribution in [0.5, 0.6) is 11.5 Å². The zero-order valence-electron chi connectivity index (χ0n) is 23.8. The largest absolute Gasteiger partial charge is 0.573 e. The van der Waals surface area contributed by atoms with Crippen LogP contribution in [0.1, 0.15) is 35.0 Å². The maximum Gasteiger partial charge on any atom is 0.573 e. The van der Waals surface area contributed by atoms with Gasteiger partial charge in [-0.1, -0.05) is 22.6 Å². The number of anilines is 1. The first-order valence-corrected chi connectivity index (χ1v) is 13.3. The van der Waals surface area contributed by atoms with Crippen LogP contribution in [-0.4, -0.2) is 60.4 Å². The number of hydrogen-bond acceptors (Lipinski definition) is 8. The molecule has 2 aromatic carbocycles. The summed E-state index contributed by atoms with van der Waals surface area (Å²) < 4.78 is 103. The highest BCUT2D eigenvalue weighted by atomic mass is 19.4. The lowest BCUT2D eigenvalue weighted by atomic mass is 10.1. The van der Waals surface area contributed by atoms with Crippen molar-refractivity contribution in [2.45, 2.75) is 58.0 Å². The fraction of sp³-hybridized carbons (Fsp3) is 0.333. The Labute approximate surface area is 255 Å². The molecule has 4 aromatic rings. The predicted octanol–water partition coefficient (Wildman–Crippen LogP) is 4.44. The van der Waals surface area contributed by atoms with Gasteiger partial charge in [-0.15, -0.1) is 23.4 Å². The summed E-state index contributed by atoms with van der Waals surface area (Å²) in [6.45, 7) is 0.355. The van der Waals surface area contributed by atoms with Crippen LogP contribution < -0.4 is 20.1 Å². The van der Waals surface area contributed by atoms with E-state index in [1.165, 1.54) is 35.3 Å². The van der Waals surface area contributed by atoms with Crippen LogP contribution in [0.3, 0.4) is 0 Å². The quantitative estimate of drug-likeness (QED) is 0.190. The Hall–Kier alpha value is -5.23. The Bertz CT molecular complexity index is 1660. The van der Waals surface area contributed by atoms with Crippen molar-refractivity contribution in [2.75, 3.05) is 5.32 Å². The third-order valence-electron chi connectivity index (χ3n) is 5.88. The molecule has 2 N–H and O–H groups in total. The van der Waals surface area contributed by atoms with Gasteiger partial charge in [0.05, 0.1) is 25.4 Å². The van der Waals surface area contributed by atoms with E-state index in [4.69, 9.17) is 0 Å². The summed E-state index contributed by atoms with van der Waals surface area (Å²) in [6.07, 6.45) is -8.03. The molecule has 1 atom stereocenters. The Morgan fingerprint density at radius 1 is 0.957 bits per heavy atom. The summed E-state index contributed by atoms with van der Waals surface area (Å²) in [6, 6.07) is 8.04. The van der Waals surface area contributed by atoms with E-state index in [-0.39, 0.29) is 48.9 Å². The third kappa shape index (κ3) is 10.7. The van der Waals surface area contributed by atoms with Gasteiger partial charge in [-0.2, -0.15) is 8.78 Å². The van der Waals surface area contributed by atoms with Crippen molar-refractivity contribution in [1.82, 2.24) is 35.3 Å². The molecular formula is C27H25F7N8O4. The molecule has 0 saturated heterocycles. The van der Waals surface area contributed by atoms with E-state index in [1.807, 2.05) is 0 Å². The standard InChI is InChI=1S/C27H25F7N8O4/c1-26(30,31)45-19-4-2-3-16(9-19)12-35-25(44)22-14-41(39-37-22)8-7-18(28)13-42-15-23(38-40-42)36-24(43)11-17-10-20(5-6-21(17)29)46-27(32,33)34/h2-6,9-10,14-15,18H,7-8,11-13H2,1H3,(H,35,44)(H,36,43). The SMILES string of the molecule is CC(F)(F)Oc1cccc(CNC(=O)c2cn(CCC(F)Cn3cc(NC(=O)Cc4cc(OC(F)(F)F)ccc4F)nn3)nn2)c1. The van der Waals surface area contributed by atoms with Gasteiger partial charge >= 0.3 is 12.5 Å². The second-order valence-corrected chi connectivity index (χ2v) is 9.84. The van der Waals surface area contributed by atoms with Crippen molar-refractivity contribution in [3.63, 3.8) is 0 Å². The number of rotatable bonds is 14. The average molecular weight is 659 g/mol. The van der Waals surface area contributed by atoms with Crippen molar-refractivity contribution in [3.05, 3.63) is 77.5 Å². The molecule has 2 aromatic heterocycles. The maximum absolute atomic E-state index is 14.6. The third-order valence-corrected chi connectivity index (χ3v) is 5.88. The Morgan fingerprint density at radius 2 is 1.70 bits per heavy atom.